The van der Waals surface area contributed by atoms with Crippen molar-refractivity contribution in [1.29, 1.82) is 0 Å². The van der Waals surface area contributed by atoms with Crippen molar-refractivity contribution in [2.45, 2.75) is 31.2 Å². The van der Waals surface area contributed by atoms with Crippen LogP contribution in [0.2, 0.25) is 0 Å². The van der Waals surface area contributed by atoms with E-state index < -0.39 is 17.9 Å². The summed E-state index contributed by atoms with van der Waals surface area (Å²) in [6.45, 7) is 2.24. The fourth-order valence-electron chi connectivity index (χ4n) is 4.26. The first-order chi connectivity index (χ1) is 13.0. The predicted molar refractivity (Wildman–Crippen MR) is 100 cm³/mol. The molecular weight excluding hydrogens is 342 g/mol. The van der Waals surface area contributed by atoms with E-state index in [0.29, 0.717) is 6.61 Å². The highest BCUT2D eigenvalue weighted by Gasteiger charge is 2.61. The van der Waals surface area contributed by atoms with Crippen LogP contribution in [0.5, 0.6) is 5.75 Å². The number of hydrogen-bond acceptors (Lipinski definition) is 3. The van der Waals surface area contributed by atoms with Crippen molar-refractivity contribution in [1.82, 2.24) is 5.32 Å². The highest BCUT2D eigenvalue weighted by Crippen LogP contribution is 2.60. The van der Waals surface area contributed by atoms with Gasteiger partial charge in [-0.05, 0) is 31.4 Å². The number of para-hydroxylation sites is 1. The van der Waals surface area contributed by atoms with E-state index in [9.17, 15) is 14.7 Å². The number of amides is 1. The molecule has 0 saturated heterocycles. The fourth-order valence-corrected chi connectivity index (χ4v) is 4.26. The molecule has 2 N–H and O–H groups in total. The molecule has 27 heavy (non-hydrogen) atoms. The molecule has 2 unspecified atom stereocenters. The third-order valence-electron chi connectivity index (χ3n) is 5.97. The summed E-state index contributed by atoms with van der Waals surface area (Å²) in [5, 5.41) is 12.5. The van der Waals surface area contributed by atoms with Crippen molar-refractivity contribution >= 4 is 11.9 Å². The lowest BCUT2D eigenvalue weighted by atomic mass is 9.87. The maximum Gasteiger partial charge on any atom is 0.308 e. The summed E-state index contributed by atoms with van der Waals surface area (Å²) in [7, 11) is 0. The van der Waals surface area contributed by atoms with Gasteiger partial charge in [-0.3, -0.25) is 9.59 Å². The average Bonchev–Trinajstić information content (AvgIpc) is 3.41. The Bertz CT molecular complexity index is 866. The van der Waals surface area contributed by atoms with Gasteiger partial charge in [0.2, 0.25) is 5.91 Å². The van der Waals surface area contributed by atoms with Gasteiger partial charge in [0.25, 0.3) is 0 Å². The van der Waals surface area contributed by atoms with Crippen LogP contribution >= 0.6 is 0 Å². The van der Waals surface area contributed by atoms with Crippen LogP contribution in [0, 0.1) is 11.8 Å². The second-order valence-electron chi connectivity index (χ2n) is 7.53. The van der Waals surface area contributed by atoms with E-state index in [-0.39, 0.29) is 17.2 Å². The molecule has 1 fully saturated rings. The van der Waals surface area contributed by atoms with Crippen molar-refractivity contribution in [3.8, 4) is 5.75 Å². The van der Waals surface area contributed by atoms with Crippen LogP contribution in [0.4, 0.5) is 0 Å². The maximum atomic E-state index is 13.1. The highest BCUT2D eigenvalue weighted by atomic mass is 16.5. The molecule has 4 rings (SSSR count). The zero-order valence-electron chi connectivity index (χ0n) is 15.2. The Morgan fingerprint density at radius 3 is 2.59 bits per heavy atom. The van der Waals surface area contributed by atoms with Crippen molar-refractivity contribution in [2.75, 3.05) is 6.61 Å². The quantitative estimate of drug-likeness (QED) is 0.852. The maximum absolute atomic E-state index is 13.1. The smallest absolute Gasteiger partial charge is 0.308 e. The number of benzene rings is 2. The van der Waals surface area contributed by atoms with E-state index in [4.69, 9.17) is 4.74 Å². The van der Waals surface area contributed by atoms with Gasteiger partial charge in [-0.1, -0.05) is 48.5 Å². The molecule has 1 amide bonds. The van der Waals surface area contributed by atoms with E-state index >= 15 is 0 Å². The van der Waals surface area contributed by atoms with E-state index in [1.54, 1.807) is 6.92 Å². The molecule has 4 atom stereocenters. The summed E-state index contributed by atoms with van der Waals surface area (Å²) in [5.74, 6) is -1.000. The average molecular weight is 365 g/mol. The molecule has 1 aliphatic carbocycles. The first-order valence-corrected chi connectivity index (χ1v) is 9.33. The zero-order valence-corrected chi connectivity index (χ0v) is 15.2. The van der Waals surface area contributed by atoms with Gasteiger partial charge in [0.05, 0.1) is 18.6 Å². The lowest BCUT2D eigenvalue weighted by Gasteiger charge is -2.28. The molecule has 0 radical (unpaired) electrons. The number of hydrogen-bond donors (Lipinski definition) is 2. The number of carbonyl (C=O) groups is 2. The number of fused-ring (bicyclic) bond motifs is 2. The number of carbonyl (C=O) groups excluding carboxylic acids is 1. The van der Waals surface area contributed by atoms with Gasteiger partial charge in [-0.2, -0.15) is 0 Å². The van der Waals surface area contributed by atoms with E-state index in [1.807, 2.05) is 54.6 Å². The molecule has 1 spiro atoms. The Labute approximate surface area is 158 Å². The minimum Gasteiger partial charge on any atom is -0.493 e. The molecular formula is C22H23NO4. The Morgan fingerprint density at radius 1 is 1.15 bits per heavy atom. The summed E-state index contributed by atoms with van der Waals surface area (Å²) in [4.78, 5) is 24.6. The lowest BCUT2D eigenvalue weighted by Crippen LogP contribution is -2.38. The van der Waals surface area contributed by atoms with Gasteiger partial charge in [0.15, 0.2) is 0 Å². The molecule has 2 aliphatic rings. The van der Waals surface area contributed by atoms with Crippen LogP contribution < -0.4 is 10.1 Å². The zero-order chi connectivity index (χ0) is 19.0. The Morgan fingerprint density at radius 2 is 1.85 bits per heavy atom. The standard InChI is InChI=1S/C22H23NO4/c1-14(21(25)26)19(15-7-3-2-4-8-15)23-20(24)17-13-22(17)11-12-27-18-10-6-5-9-16(18)22/h2-10,14,17,19H,11-13H2,1H3,(H,23,24)(H,25,26)/t14?,17-,19?,22-/m0/s1. The Hall–Kier alpha value is -2.82. The summed E-state index contributed by atoms with van der Waals surface area (Å²) >= 11 is 0. The predicted octanol–water partition coefficient (Wildman–Crippen LogP) is 3.31. The van der Waals surface area contributed by atoms with Crippen LogP contribution in [0.15, 0.2) is 54.6 Å². The van der Waals surface area contributed by atoms with Crippen LogP contribution in [-0.4, -0.2) is 23.6 Å². The molecule has 1 heterocycles. The van der Waals surface area contributed by atoms with Gasteiger partial charge >= 0.3 is 5.97 Å². The largest absolute Gasteiger partial charge is 0.493 e. The van der Waals surface area contributed by atoms with Gasteiger partial charge < -0.3 is 15.2 Å². The lowest BCUT2D eigenvalue weighted by molar-refractivity contribution is -0.142. The van der Waals surface area contributed by atoms with Gasteiger partial charge in [0.1, 0.15) is 5.75 Å². The SMILES string of the molecule is CC(C(=O)O)C(NC(=O)[C@@H]1C[C@]12CCOc1ccccc12)c1ccccc1. The van der Waals surface area contributed by atoms with Crippen LogP contribution in [-0.2, 0) is 15.0 Å². The number of nitrogens with one attached hydrogen (secondary N) is 1. The van der Waals surface area contributed by atoms with E-state index in [2.05, 4.69) is 5.32 Å². The summed E-state index contributed by atoms with van der Waals surface area (Å²) in [6, 6.07) is 16.7. The normalized spacial score (nSPS) is 25.0. The second kappa shape index (κ2) is 6.72. The van der Waals surface area contributed by atoms with Crippen molar-refractivity contribution in [3.63, 3.8) is 0 Å². The van der Waals surface area contributed by atoms with E-state index in [1.165, 1.54) is 0 Å². The molecule has 5 nitrogen and oxygen atoms in total. The number of carboxylic acid groups (broad SMARTS) is 1. The molecule has 1 aliphatic heterocycles. The number of carboxylic acids is 1. The molecule has 140 valence electrons. The van der Waals surface area contributed by atoms with Crippen molar-refractivity contribution in [3.05, 3.63) is 65.7 Å². The number of aliphatic carboxylic acids is 1. The Balaban J connectivity index is 1.56. The molecule has 2 aromatic carbocycles. The summed E-state index contributed by atoms with van der Waals surface area (Å²) in [5.41, 5.74) is 1.73. The highest BCUT2D eigenvalue weighted by molar-refractivity contribution is 5.86. The topological polar surface area (TPSA) is 75.6 Å². The van der Waals surface area contributed by atoms with Gasteiger partial charge in [0, 0.05) is 16.9 Å². The second-order valence-corrected chi connectivity index (χ2v) is 7.53. The van der Waals surface area contributed by atoms with Gasteiger partial charge in [-0.25, -0.2) is 0 Å². The van der Waals surface area contributed by atoms with Crippen LogP contribution in [0.3, 0.4) is 0 Å². The van der Waals surface area contributed by atoms with Crippen LogP contribution in [0.25, 0.3) is 0 Å². The van der Waals surface area contributed by atoms with Crippen molar-refractivity contribution in [2.24, 2.45) is 11.8 Å². The third-order valence-corrected chi connectivity index (χ3v) is 5.97. The first-order valence-electron chi connectivity index (χ1n) is 9.33. The molecule has 1 saturated carbocycles. The minimum atomic E-state index is -0.925. The molecule has 5 heteroatoms. The molecule has 2 aromatic rings. The summed E-state index contributed by atoms with van der Waals surface area (Å²) in [6.07, 6.45) is 1.59. The third kappa shape index (κ3) is 3.07. The minimum absolute atomic E-state index is 0.0753. The van der Waals surface area contributed by atoms with Crippen LogP contribution in [0.1, 0.15) is 36.9 Å². The fraction of sp³-hybridized carbons (Fsp3) is 0.364. The van der Waals surface area contributed by atoms with Crippen molar-refractivity contribution < 1.29 is 19.4 Å². The molecule has 0 bridgehead atoms. The Kier molecular flexibility index (Phi) is 4.38. The number of ether oxygens (including phenoxy) is 1. The first kappa shape index (κ1) is 17.6. The van der Waals surface area contributed by atoms with E-state index in [0.717, 1.165) is 29.7 Å². The monoisotopic (exact) mass is 365 g/mol. The molecule has 0 aromatic heterocycles. The van der Waals surface area contributed by atoms with Gasteiger partial charge in [-0.15, -0.1) is 0 Å². The summed E-state index contributed by atoms with van der Waals surface area (Å²) < 4.78 is 5.74. The number of rotatable bonds is 5.